The molecule has 1 aliphatic rings. The molecule has 0 spiro atoms. The average molecular weight is 281 g/mol. The molecular formula is C16H24FNO2. The van der Waals surface area contributed by atoms with Gasteiger partial charge in [-0.2, -0.15) is 0 Å². The fourth-order valence-corrected chi connectivity index (χ4v) is 2.95. The van der Waals surface area contributed by atoms with Gasteiger partial charge >= 0.3 is 0 Å². The van der Waals surface area contributed by atoms with Crippen LogP contribution in [0.4, 0.5) is 4.39 Å². The van der Waals surface area contributed by atoms with Crippen LogP contribution in [0.5, 0.6) is 0 Å². The van der Waals surface area contributed by atoms with E-state index in [4.69, 9.17) is 0 Å². The van der Waals surface area contributed by atoms with Crippen LogP contribution >= 0.6 is 0 Å². The van der Waals surface area contributed by atoms with E-state index in [9.17, 15) is 14.6 Å². The van der Waals surface area contributed by atoms with E-state index in [1.165, 1.54) is 12.1 Å². The molecular weight excluding hydrogens is 257 g/mol. The van der Waals surface area contributed by atoms with E-state index >= 15 is 0 Å². The summed E-state index contributed by atoms with van der Waals surface area (Å²) in [5, 5.41) is 20.2. The molecule has 0 bridgehead atoms. The van der Waals surface area contributed by atoms with E-state index in [0.717, 1.165) is 24.9 Å². The first kappa shape index (κ1) is 15.4. The topological polar surface area (TPSA) is 43.7 Å². The molecule has 1 fully saturated rings. The second kappa shape index (κ2) is 6.20. The fraction of sp³-hybridized carbons (Fsp3) is 0.625. The van der Waals surface area contributed by atoms with Crippen molar-refractivity contribution in [1.82, 2.24) is 4.90 Å². The van der Waals surface area contributed by atoms with Crippen molar-refractivity contribution in [1.29, 1.82) is 0 Å². The normalized spacial score (nSPS) is 22.1. The number of likely N-dealkylation sites (tertiary alicyclic amines) is 1. The van der Waals surface area contributed by atoms with E-state index in [1.54, 1.807) is 26.0 Å². The van der Waals surface area contributed by atoms with Crippen molar-refractivity contribution in [2.75, 3.05) is 13.1 Å². The molecule has 2 atom stereocenters. The first-order valence-electron chi connectivity index (χ1n) is 7.25. The highest BCUT2D eigenvalue weighted by Gasteiger charge is 2.30. The average Bonchev–Trinajstić information content (AvgIpc) is 2.75. The number of benzene rings is 1. The third-order valence-electron chi connectivity index (χ3n) is 3.84. The highest BCUT2D eigenvalue weighted by atomic mass is 19.1. The predicted molar refractivity (Wildman–Crippen MR) is 76.9 cm³/mol. The van der Waals surface area contributed by atoms with Crippen molar-refractivity contribution in [3.63, 3.8) is 0 Å². The van der Waals surface area contributed by atoms with Gasteiger partial charge in [0.15, 0.2) is 0 Å². The molecule has 1 heterocycles. The Morgan fingerprint density at radius 3 is 2.60 bits per heavy atom. The minimum atomic E-state index is -0.719. The molecule has 0 aromatic heterocycles. The molecule has 0 amide bonds. The Morgan fingerprint density at radius 1 is 1.35 bits per heavy atom. The first-order chi connectivity index (χ1) is 9.35. The van der Waals surface area contributed by atoms with Crippen molar-refractivity contribution >= 4 is 0 Å². The Balaban J connectivity index is 1.96. The minimum Gasteiger partial charge on any atom is -0.389 e. The lowest BCUT2D eigenvalue weighted by atomic mass is 9.99. The molecule has 1 aromatic carbocycles. The maximum absolute atomic E-state index is 12.9. The van der Waals surface area contributed by atoms with Gasteiger partial charge in [0.2, 0.25) is 0 Å². The van der Waals surface area contributed by atoms with E-state index < -0.39 is 11.7 Å². The molecule has 1 aliphatic heterocycles. The van der Waals surface area contributed by atoms with Crippen LogP contribution in [0.15, 0.2) is 24.3 Å². The number of halogens is 1. The van der Waals surface area contributed by atoms with Crippen LogP contribution in [0.25, 0.3) is 0 Å². The summed E-state index contributed by atoms with van der Waals surface area (Å²) in [6.07, 6.45) is 2.18. The van der Waals surface area contributed by atoms with Gasteiger partial charge < -0.3 is 10.2 Å². The minimum absolute atomic E-state index is 0.279. The van der Waals surface area contributed by atoms with Gasteiger partial charge in [-0.25, -0.2) is 4.39 Å². The van der Waals surface area contributed by atoms with E-state index in [-0.39, 0.29) is 11.9 Å². The monoisotopic (exact) mass is 281 g/mol. The number of aliphatic hydroxyl groups is 2. The maximum atomic E-state index is 12.9. The Kier molecular flexibility index (Phi) is 4.78. The van der Waals surface area contributed by atoms with Crippen LogP contribution in [0, 0.1) is 5.82 Å². The van der Waals surface area contributed by atoms with Crippen molar-refractivity contribution in [3.8, 4) is 0 Å². The van der Waals surface area contributed by atoms with Crippen molar-refractivity contribution < 1.29 is 14.6 Å². The van der Waals surface area contributed by atoms with Crippen molar-refractivity contribution in [3.05, 3.63) is 35.6 Å². The van der Waals surface area contributed by atoms with Crippen LogP contribution in [0.2, 0.25) is 0 Å². The SMILES string of the molecule is CC(C)(O)CN1CCCC1CC(O)c1ccc(F)cc1. The van der Waals surface area contributed by atoms with E-state index in [2.05, 4.69) is 4.90 Å². The van der Waals surface area contributed by atoms with Gasteiger partial charge in [0.1, 0.15) is 5.82 Å². The Labute approximate surface area is 120 Å². The molecule has 1 aromatic rings. The Hall–Kier alpha value is -0.970. The molecule has 1 saturated heterocycles. The van der Waals surface area contributed by atoms with Crippen molar-refractivity contribution in [2.45, 2.75) is 50.9 Å². The summed E-state index contributed by atoms with van der Waals surface area (Å²) in [7, 11) is 0. The summed E-state index contributed by atoms with van der Waals surface area (Å²) in [5.41, 5.74) is 0.0326. The lowest BCUT2D eigenvalue weighted by Gasteiger charge is -2.31. The highest BCUT2D eigenvalue weighted by molar-refractivity contribution is 5.18. The summed E-state index contributed by atoms with van der Waals surface area (Å²) in [6.45, 7) is 5.19. The molecule has 0 radical (unpaired) electrons. The summed E-state index contributed by atoms with van der Waals surface area (Å²) >= 11 is 0. The van der Waals surface area contributed by atoms with Crippen LogP contribution in [0.1, 0.15) is 44.8 Å². The lowest BCUT2D eigenvalue weighted by molar-refractivity contribution is 0.0227. The van der Waals surface area contributed by atoms with Gasteiger partial charge in [-0.3, -0.25) is 4.90 Å². The molecule has 2 rings (SSSR count). The predicted octanol–water partition coefficient (Wildman–Crippen LogP) is 2.48. The van der Waals surface area contributed by atoms with Gasteiger partial charge in [0.05, 0.1) is 11.7 Å². The number of β-amino-alcohol motifs (C(OH)–C–C–N with tert-alkyl or cyclic N) is 1. The smallest absolute Gasteiger partial charge is 0.123 e. The fourth-order valence-electron chi connectivity index (χ4n) is 2.95. The third-order valence-corrected chi connectivity index (χ3v) is 3.84. The molecule has 4 heteroatoms. The molecule has 112 valence electrons. The number of aliphatic hydroxyl groups excluding tert-OH is 1. The number of rotatable bonds is 5. The van der Waals surface area contributed by atoms with E-state index in [0.29, 0.717) is 13.0 Å². The Morgan fingerprint density at radius 2 is 2.00 bits per heavy atom. The number of hydrogen-bond donors (Lipinski definition) is 2. The third kappa shape index (κ3) is 4.27. The summed E-state index contributed by atoms with van der Waals surface area (Å²) in [5.74, 6) is -0.287. The zero-order valence-electron chi connectivity index (χ0n) is 12.2. The Bertz CT molecular complexity index is 427. The van der Waals surface area contributed by atoms with Crippen LogP contribution < -0.4 is 0 Å². The van der Waals surface area contributed by atoms with Crippen LogP contribution in [-0.2, 0) is 0 Å². The molecule has 20 heavy (non-hydrogen) atoms. The molecule has 0 saturated carbocycles. The molecule has 3 nitrogen and oxygen atoms in total. The largest absolute Gasteiger partial charge is 0.389 e. The summed E-state index contributed by atoms with van der Waals surface area (Å²) < 4.78 is 12.9. The van der Waals surface area contributed by atoms with Gasteiger partial charge in [0.25, 0.3) is 0 Å². The van der Waals surface area contributed by atoms with Gasteiger partial charge in [-0.1, -0.05) is 12.1 Å². The van der Waals surface area contributed by atoms with Gasteiger partial charge in [-0.05, 0) is 57.4 Å². The van der Waals surface area contributed by atoms with Crippen molar-refractivity contribution in [2.24, 2.45) is 0 Å². The summed E-state index contributed by atoms with van der Waals surface area (Å²) in [4.78, 5) is 2.24. The zero-order chi connectivity index (χ0) is 14.8. The van der Waals surface area contributed by atoms with Crippen LogP contribution in [0.3, 0.4) is 0 Å². The molecule has 0 aliphatic carbocycles. The quantitative estimate of drug-likeness (QED) is 0.871. The second-order valence-corrected chi connectivity index (χ2v) is 6.38. The molecule has 2 unspecified atom stereocenters. The zero-order valence-corrected chi connectivity index (χ0v) is 12.2. The first-order valence-corrected chi connectivity index (χ1v) is 7.25. The summed E-state index contributed by atoms with van der Waals surface area (Å²) in [6, 6.07) is 6.30. The van der Waals surface area contributed by atoms with E-state index in [1.807, 2.05) is 0 Å². The van der Waals surface area contributed by atoms with Gasteiger partial charge in [-0.15, -0.1) is 0 Å². The number of hydrogen-bond acceptors (Lipinski definition) is 3. The lowest BCUT2D eigenvalue weighted by Crippen LogP contribution is -2.41. The maximum Gasteiger partial charge on any atom is 0.123 e. The molecule has 2 N–H and O–H groups in total. The number of nitrogens with zero attached hydrogens (tertiary/aromatic N) is 1. The standard InChI is InChI=1S/C16H24FNO2/c1-16(2,20)11-18-9-3-4-14(18)10-15(19)12-5-7-13(17)8-6-12/h5-8,14-15,19-20H,3-4,9-11H2,1-2H3. The second-order valence-electron chi connectivity index (χ2n) is 6.38. The van der Waals surface area contributed by atoms with Crippen LogP contribution in [-0.4, -0.2) is 39.8 Å². The highest BCUT2D eigenvalue weighted by Crippen LogP contribution is 2.28. The van der Waals surface area contributed by atoms with Gasteiger partial charge in [0, 0.05) is 12.6 Å².